The number of hydrogen-bond donors (Lipinski definition) is 0. The van der Waals surface area contributed by atoms with Gasteiger partial charge >= 0.3 is 0 Å². The molecule has 0 atom stereocenters. The van der Waals surface area contributed by atoms with E-state index in [2.05, 4.69) is 33.7 Å². The number of aromatic nitrogens is 5. The van der Waals surface area contributed by atoms with Gasteiger partial charge in [-0.25, -0.2) is 4.98 Å². The van der Waals surface area contributed by atoms with Gasteiger partial charge in [0.05, 0.1) is 23.7 Å². The molecule has 1 aliphatic carbocycles. The Balaban J connectivity index is 1.38. The van der Waals surface area contributed by atoms with Gasteiger partial charge in [-0.3, -0.25) is 9.69 Å². The third-order valence-corrected chi connectivity index (χ3v) is 7.99. The molecule has 1 aliphatic rings. The number of fused-ring (bicyclic) bond motifs is 1. The fraction of sp³-hybridized carbons (Fsp3) is 0.320. The van der Waals surface area contributed by atoms with E-state index in [-0.39, 0.29) is 11.7 Å². The van der Waals surface area contributed by atoms with Crippen LogP contribution in [0.3, 0.4) is 0 Å². The van der Waals surface area contributed by atoms with E-state index >= 15 is 0 Å². The molecule has 0 radical (unpaired) electrons. The minimum absolute atomic E-state index is 0.00420. The number of tetrazole rings is 1. The van der Waals surface area contributed by atoms with Gasteiger partial charge in [-0.1, -0.05) is 54.2 Å². The first-order valence-corrected chi connectivity index (χ1v) is 13.2. The van der Waals surface area contributed by atoms with Crippen molar-refractivity contribution in [3.63, 3.8) is 0 Å². The summed E-state index contributed by atoms with van der Waals surface area (Å²) in [5.41, 5.74) is 5.36. The molecule has 0 saturated carbocycles. The highest BCUT2D eigenvalue weighted by atomic mass is 32.2. The van der Waals surface area contributed by atoms with Crippen molar-refractivity contribution in [2.45, 2.75) is 51.2 Å². The smallest absolute Gasteiger partial charge is 0.239 e. The Morgan fingerprint density at radius 1 is 1.12 bits per heavy atom. The van der Waals surface area contributed by atoms with Crippen molar-refractivity contribution in [2.75, 3.05) is 10.7 Å². The summed E-state index contributed by atoms with van der Waals surface area (Å²) >= 11 is 3.01. The number of carbonyl (C=O) groups excluding carboxylic acids is 1. The molecule has 2 aromatic heterocycles. The standard InChI is InChI=1S/C25H26N6OS2/c1-17-12-13-18(2)21(14-17)31-25(27-28-29-31)33-16-23(32)30(15-19-8-4-3-5-9-19)24-26-20-10-6-7-11-22(20)34-24/h3-5,8-9,12-14H,6-7,10-11,15-16H2,1-2H3. The van der Waals surface area contributed by atoms with Crippen LogP contribution in [0.5, 0.6) is 0 Å². The SMILES string of the molecule is Cc1ccc(C)c(-n2nnnc2SCC(=O)N(Cc2ccccc2)c2nc3c(s2)CCCC3)c1. The maximum Gasteiger partial charge on any atom is 0.239 e. The maximum atomic E-state index is 13.5. The first-order valence-electron chi connectivity index (χ1n) is 11.4. The summed E-state index contributed by atoms with van der Waals surface area (Å²) in [5.74, 6) is 0.220. The third-order valence-electron chi connectivity index (χ3n) is 5.91. The number of anilines is 1. The van der Waals surface area contributed by atoms with E-state index in [0.717, 1.165) is 46.0 Å². The Morgan fingerprint density at radius 2 is 1.94 bits per heavy atom. The van der Waals surface area contributed by atoms with Crippen molar-refractivity contribution in [3.8, 4) is 5.69 Å². The molecule has 7 nitrogen and oxygen atoms in total. The zero-order chi connectivity index (χ0) is 23.5. The van der Waals surface area contributed by atoms with Gasteiger partial charge in [0.2, 0.25) is 11.1 Å². The monoisotopic (exact) mass is 490 g/mol. The highest BCUT2D eigenvalue weighted by molar-refractivity contribution is 7.99. The van der Waals surface area contributed by atoms with Crippen LogP contribution in [0.1, 0.15) is 40.1 Å². The molecular weight excluding hydrogens is 464 g/mol. The number of thioether (sulfide) groups is 1. The molecule has 9 heteroatoms. The molecule has 34 heavy (non-hydrogen) atoms. The number of thiazole rings is 1. The molecule has 0 N–H and O–H groups in total. The fourth-order valence-electron chi connectivity index (χ4n) is 4.05. The van der Waals surface area contributed by atoms with Crippen LogP contribution in [-0.2, 0) is 24.2 Å². The molecule has 1 amide bonds. The van der Waals surface area contributed by atoms with Crippen LogP contribution in [0, 0.1) is 13.8 Å². The van der Waals surface area contributed by atoms with Crippen molar-refractivity contribution in [1.82, 2.24) is 25.2 Å². The average Bonchev–Trinajstić information content (AvgIpc) is 3.50. The molecule has 5 rings (SSSR count). The number of carbonyl (C=O) groups is 1. The predicted octanol–water partition coefficient (Wildman–Crippen LogP) is 4.94. The number of nitrogens with zero attached hydrogens (tertiary/aromatic N) is 6. The quantitative estimate of drug-likeness (QED) is 0.342. The molecule has 2 aromatic carbocycles. The summed E-state index contributed by atoms with van der Waals surface area (Å²) in [6.07, 6.45) is 4.41. The molecule has 0 saturated heterocycles. The van der Waals surface area contributed by atoms with Gasteiger partial charge in [0, 0.05) is 4.88 Å². The number of aryl methyl sites for hydroxylation is 4. The van der Waals surface area contributed by atoms with Crippen molar-refractivity contribution < 1.29 is 4.79 Å². The van der Waals surface area contributed by atoms with E-state index in [1.807, 2.05) is 49.1 Å². The van der Waals surface area contributed by atoms with Crippen LogP contribution in [0.4, 0.5) is 5.13 Å². The lowest BCUT2D eigenvalue weighted by Gasteiger charge is -2.20. The predicted molar refractivity (Wildman–Crippen MR) is 136 cm³/mol. The maximum absolute atomic E-state index is 13.5. The molecular formula is C25H26N6OS2. The molecule has 0 spiro atoms. The van der Waals surface area contributed by atoms with E-state index in [1.54, 1.807) is 16.0 Å². The zero-order valence-corrected chi connectivity index (χ0v) is 20.9. The van der Waals surface area contributed by atoms with Gasteiger partial charge in [-0.05, 0) is 72.7 Å². The van der Waals surface area contributed by atoms with Crippen molar-refractivity contribution >= 4 is 34.1 Å². The van der Waals surface area contributed by atoms with Crippen LogP contribution < -0.4 is 4.90 Å². The summed E-state index contributed by atoms with van der Waals surface area (Å²) in [5, 5.41) is 13.6. The van der Waals surface area contributed by atoms with Crippen LogP contribution in [-0.4, -0.2) is 36.9 Å². The Kier molecular flexibility index (Phi) is 6.73. The van der Waals surface area contributed by atoms with Crippen molar-refractivity contribution in [1.29, 1.82) is 0 Å². The minimum atomic E-state index is -0.00420. The Hall–Kier alpha value is -3.04. The second-order valence-electron chi connectivity index (χ2n) is 8.49. The van der Waals surface area contributed by atoms with Crippen LogP contribution in [0.15, 0.2) is 53.7 Å². The highest BCUT2D eigenvalue weighted by Gasteiger charge is 2.24. The first-order chi connectivity index (χ1) is 16.6. The molecule has 0 aliphatic heterocycles. The number of amides is 1. The van der Waals surface area contributed by atoms with Crippen LogP contribution in [0.2, 0.25) is 0 Å². The molecule has 0 fully saturated rings. The fourth-order valence-corrected chi connectivity index (χ4v) is 5.98. The van der Waals surface area contributed by atoms with E-state index in [9.17, 15) is 4.79 Å². The lowest BCUT2D eigenvalue weighted by molar-refractivity contribution is -0.116. The van der Waals surface area contributed by atoms with E-state index < -0.39 is 0 Å². The minimum Gasteiger partial charge on any atom is -0.283 e. The summed E-state index contributed by atoms with van der Waals surface area (Å²) in [4.78, 5) is 21.5. The normalized spacial score (nSPS) is 13.0. The largest absolute Gasteiger partial charge is 0.283 e. The van der Waals surface area contributed by atoms with Crippen LogP contribution in [0.25, 0.3) is 5.69 Å². The van der Waals surface area contributed by atoms with Gasteiger partial charge < -0.3 is 0 Å². The molecule has 0 unspecified atom stereocenters. The van der Waals surface area contributed by atoms with Gasteiger partial charge in [0.25, 0.3) is 0 Å². The summed E-state index contributed by atoms with van der Waals surface area (Å²) < 4.78 is 1.71. The second-order valence-corrected chi connectivity index (χ2v) is 10.5. The lowest BCUT2D eigenvalue weighted by atomic mass is 10.0. The second kappa shape index (κ2) is 10.1. The topological polar surface area (TPSA) is 76.8 Å². The number of hydrogen-bond acceptors (Lipinski definition) is 7. The van der Waals surface area contributed by atoms with Crippen molar-refractivity contribution in [3.05, 3.63) is 75.8 Å². The number of benzene rings is 2. The Morgan fingerprint density at radius 3 is 2.76 bits per heavy atom. The van der Waals surface area contributed by atoms with Gasteiger partial charge in [0.15, 0.2) is 5.13 Å². The molecule has 4 aromatic rings. The van der Waals surface area contributed by atoms with E-state index in [0.29, 0.717) is 11.7 Å². The van der Waals surface area contributed by atoms with Crippen LogP contribution >= 0.6 is 23.1 Å². The Bertz CT molecular complexity index is 1280. The molecule has 2 heterocycles. The van der Waals surface area contributed by atoms with Gasteiger partial charge in [-0.15, -0.1) is 16.4 Å². The Labute approximate surface area is 207 Å². The van der Waals surface area contributed by atoms with E-state index in [4.69, 9.17) is 4.98 Å². The molecule has 174 valence electrons. The lowest BCUT2D eigenvalue weighted by Crippen LogP contribution is -2.32. The zero-order valence-electron chi connectivity index (χ0n) is 19.3. The average molecular weight is 491 g/mol. The van der Waals surface area contributed by atoms with Crippen molar-refractivity contribution in [2.24, 2.45) is 0 Å². The first kappa shape index (κ1) is 22.7. The highest BCUT2D eigenvalue weighted by Crippen LogP contribution is 2.33. The third kappa shape index (κ3) is 4.90. The summed E-state index contributed by atoms with van der Waals surface area (Å²) in [6.45, 7) is 4.56. The molecule has 0 bridgehead atoms. The van der Waals surface area contributed by atoms with Gasteiger partial charge in [0.1, 0.15) is 0 Å². The number of rotatable bonds is 7. The van der Waals surface area contributed by atoms with E-state index in [1.165, 1.54) is 29.5 Å². The summed E-state index contributed by atoms with van der Waals surface area (Å²) in [7, 11) is 0. The summed E-state index contributed by atoms with van der Waals surface area (Å²) in [6, 6.07) is 16.2. The van der Waals surface area contributed by atoms with Gasteiger partial charge in [-0.2, -0.15) is 4.68 Å².